The zero-order valence-electron chi connectivity index (χ0n) is 14.3. The number of carbonyl (C=O) groups excluding carboxylic acids is 2. The summed E-state index contributed by atoms with van der Waals surface area (Å²) in [5.74, 6) is -2.83. The minimum atomic E-state index is -1.02. The molecule has 2 aromatic carbocycles. The lowest BCUT2D eigenvalue weighted by Crippen LogP contribution is -2.19. The van der Waals surface area contributed by atoms with Gasteiger partial charge < -0.3 is 9.88 Å². The molecule has 0 bridgehead atoms. The predicted molar refractivity (Wildman–Crippen MR) is 96.7 cm³/mol. The van der Waals surface area contributed by atoms with Crippen molar-refractivity contribution in [2.75, 3.05) is 5.32 Å². The van der Waals surface area contributed by atoms with Crippen molar-refractivity contribution in [3.05, 3.63) is 89.2 Å². The molecule has 6 heteroatoms. The van der Waals surface area contributed by atoms with Crippen LogP contribution in [0.25, 0.3) is 0 Å². The molecule has 1 amide bonds. The Labute approximate surface area is 154 Å². The zero-order chi connectivity index (χ0) is 19.0. The molecule has 0 saturated heterocycles. The smallest absolute Gasteiger partial charge is 0.233 e. The van der Waals surface area contributed by atoms with E-state index < -0.39 is 17.6 Å². The van der Waals surface area contributed by atoms with E-state index in [0.29, 0.717) is 24.2 Å². The second-order valence-electron chi connectivity index (χ2n) is 6.45. The molecule has 1 aromatic heterocycles. The Morgan fingerprint density at radius 1 is 0.963 bits per heavy atom. The van der Waals surface area contributed by atoms with Gasteiger partial charge >= 0.3 is 0 Å². The summed E-state index contributed by atoms with van der Waals surface area (Å²) in [6.45, 7) is 0.548. The van der Waals surface area contributed by atoms with Crippen LogP contribution in [0.3, 0.4) is 0 Å². The summed E-state index contributed by atoms with van der Waals surface area (Å²) < 4.78 is 28.2. The van der Waals surface area contributed by atoms with Gasteiger partial charge in [-0.05, 0) is 30.7 Å². The van der Waals surface area contributed by atoms with E-state index in [4.69, 9.17) is 0 Å². The Morgan fingerprint density at radius 3 is 2.48 bits per heavy atom. The monoisotopic (exact) mass is 366 g/mol. The number of benzene rings is 2. The van der Waals surface area contributed by atoms with Crippen LogP contribution in [0.2, 0.25) is 0 Å². The quantitative estimate of drug-likeness (QED) is 0.706. The van der Waals surface area contributed by atoms with E-state index in [2.05, 4.69) is 5.32 Å². The number of halogens is 2. The molecule has 2 heterocycles. The molecule has 136 valence electrons. The number of ketones is 1. The van der Waals surface area contributed by atoms with Gasteiger partial charge in [-0.15, -0.1) is 0 Å². The number of nitrogens with one attached hydrogen (secondary N) is 1. The third-order valence-electron chi connectivity index (χ3n) is 4.79. The summed E-state index contributed by atoms with van der Waals surface area (Å²) in [4.78, 5) is 25.3. The average Bonchev–Trinajstić information content (AvgIpc) is 3.27. The molecule has 1 atom stereocenters. The van der Waals surface area contributed by atoms with Crippen LogP contribution < -0.4 is 5.32 Å². The Balaban J connectivity index is 1.55. The molecular formula is C21H16F2N2O2. The fourth-order valence-electron chi connectivity index (χ4n) is 3.45. The van der Waals surface area contributed by atoms with Crippen LogP contribution in [0.1, 0.15) is 34.1 Å². The highest BCUT2D eigenvalue weighted by atomic mass is 19.2. The first-order chi connectivity index (χ1) is 13.0. The Morgan fingerprint density at radius 2 is 1.74 bits per heavy atom. The molecule has 0 aliphatic carbocycles. The van der Waals surface area contributed by atoms with Gasteiger partial charge in [0.15, 0.2) is 11.6 Å². The molecule has 4 nitrogen and oxygen atoms in total. The molecule has 0 radical (unpaired) electrons. The number of rotatable bonds is 4. The summed E-state index contributed by atoms with van der Waals surface area (Å²) in [5, 5.41) is 2.62. The van der Waals surface area contributed by atoms with Crippen molar-refractivity contribution in [3.63, 3.8) is 0 Å². The SMILES string of the molecule is O=C(c1ccccc1)c1ccc2n1CC[C@H]2C(=O)Nc1ccc(F)c(F)c1. The van der Waals surface area contributed by atoms with Crippen LogP contribution in [-0.2, 0) is 11.3 Å². The Kier molecular flexibility index (Phi) is 4.32. The Bertz CT molecular complexity index is 1030. The van der Waals surface area contributed by atoms with Crippen molar-refractivity contribution in [3.8, 4) is 0 Å². The van der Waals surface area contributed by atoms with Crippen LogP contribution in [0.5, 0.6) is 0 Å². The molecule has 0 unspecified atom stereocenters. The van der Waals surface area contributed by atoms with Gasteiger partial charge in [-0.25, -0.2) is 8.78 Å². The van der Waals surface area contributed by atoms with Gasteiger partial charge in [0, 0.05) is 29.6 Å². The van der Waals surface area contributed by atoms with E-state index >= 15 is 0 Å². The first-order valence-electron chi connectivity index (χ1n) is 8.59. The van der Waals surface area contributed by atoms with Gasteiger partial charge in [0.2, 0.25) is 11.7 Å². The standard InChI is InChI=1S/C21H16F2N2O2/c22-16-7-6-14(12-17(16)23)24-21(27)15-10-11-25-18(15)8-9-19(25)20(26)13-4-2-1-3-5-13/h1-9,12,15H,10-11H2,(H,24,27)/t15-/m1/s1. The van der Waals surface area contributed by atoms with Gasteiger partial charge in [-0.1, -0.05) is 30.3 Å². The minimum absolute atomic E-state index is 0.0940. The normalized spacial score (nSPS) is 15.4. The lowest BCUT2D eigenvalue weighted by atomic mass is 10.0. The summed E-state index contributed by atoms with van der Waals surface area (Å²) in [7, 11) is 0. The van der Waals surface area contributed by atoms with Crippen LogP contribution in [-0.4, -0.2) is 16.3 Å². The van der Waals surface area contributed by atoms with Crippen LogP contribution in [0.15, 0.2) is 60.7 Å². The summed E-state index contributed by atoms with van der Waals surface area (Å²) in [6, 6.07) is 15.7. The van der Waals surface area contributed by atoms with Gasteiger partial charge in [-0.2, -0.15) is 0 Å². The van der Waals surface area contributed by atoms with E-state index in [1.54, 1.807) is 36.4 Å². The van der Waals surface area contributed by atoms with Crippen molar-refractivity contribution in [2.24, 2.45) is 0 Å². The molecule has 4 rings (SSSR count). The highest BCUT2D eigenvalue weighted by Gasteiger charge is 2.32. The van der Waals surface area contributed by atoms with Gasteiger partial charge in [0.1, 0.15) is 0 Å². The fraction of sp³-hybridized carbons (Fsp3) is 0.143. The topological polar surface area (TPSA) is 51.1 Å². The number of hydrogen-bond donors (Lipinski definition) is 1. The Hall–Kier alpha value is -3.28. The highest BCUT2D eigenvalue weighted by Crippen LogP contribution is 2.32. The maximum atomic E-state index is 13.3. The number of amides is 1. The zero-order valence-corrected chi connectivity index (χ0v) is 14.3. The summed E-state index contributed by atoms with van der Waals surface area (Å²) >= 11 is 0. The van der Waals surface area contributed by atoms with E-state index in [1.165, 1.54) is 6.07 Å². The number of aromatic nitrogens is 1. The number of carbonyl (C=O) groups is 2. The third-order valence-corrected chi connectivity index (χ3v) is 4.79. The molecule has 1 aliphatic heterocycles. The van der Waals surface area contributed by atoms with Crippen LogP contribution in [0.4, 0.5) is 14.5 Å². The second-order valence-corrected chi connectivity index (χ2v) is 6.45. The number of fused-ring (bicyclic) bond motifs is 1. The van der Waals surface area contributed by atoms with Crippen molar-refractivity contribution in [1.29, 1.82) is 0 Å². The third kappa shape index (κ3) is 3.14. The van der Waals surface area contributed by atoms with Crippen molar-refractivity contribution >= 4 is 17.4 Å². The van der Waals surface area contributed by atoms with Gasteiger partial charge in [0.25, 0.3) is 0 Å². The van der Waals surface area contributed by atoms with Crippen molar-refractivity contribution < 1.29 is 18.4 Å². The first-order valence-corrected chi connectivity index (χ1v) is 8.59. The summed E-state index contributed by atoms with van der Waals surface area (Å²) in [6.07, 6.45) is 0.542. The number of nitrogens with zero attached hydrogens (tertiary/aromatic N) is 1. The number of anilines is 1. The lowest BCUT2D eigenvalue weighted by molar-refractivity contribution is -0.117. The lowest BCUT2D eigenvalue weighted by Gasteiger charge is -2.11. The minimum Gasteiger partial charge on any atom is -0.341 e. The molecular weight excluding hydrogens is 350 g/mol. The molecule has 0 saturated carbocycles. The number of hydrogen-bond acceptors (Lipinski definition) is 2. The van der Waals surface area contributed by atoms with E-state index in [0.717, 1.165) is 17.8 Å². The fourth-order valence-corrected chi connectivity index (χ4v) is 3.45. The molecule has 0 spiro atoms. The van der Waals surface area contributed by atoms with Crippen LogP contribution in [0, 0.1) is 11.6 Å². The maximum Gasteiger partial charge on any atom is 0.233 e. The molecule has 27 heavy (non-hydrogen) atoms. The van der Waals surface area contributed by atoms with Crippen molar-refractivity contribution in [2.45, 2.75) is 18.9 Å². The largest absolute Gasteiger partial charge is 0.341 e. The summed E-state index contributed by atoms with van der Waals surface area (Å²) in [5.41, 5.74) is 2.08. The molecule has 1 aliphatic rings. The van der Waals surface area contributed by atoms with E-state index in [9.17, 15) is 18.4 Å². The van der Waals surface area contributed by atoms with Gasteiger partial charge in [0.05, 0.1) is 11.6 Å². The van der Waals surface area contributed by atoms with Gasteiger partial charge in [-0.3, -0.25) is 9.59 Å². The maximum absolute atomic E-state index is 13.3. The van der Waals surface area contributed by atoms with E-state index in [1.807, 2.05) is 10.6 Å². The van der Waals surface area contributed by atoms with Crippen LogP contribution >= 0.6 is 0 Å². The molecule has 3 aromatic rings. The second kappa shape index (κ2) is 6.79. The average molecular weight is 366 g/mol. The molecule has 1 N–H and O–H groups in total. The first kappa shape index (κ1) is 17.1. The predicted octanol–water partition coefficient (Wildman–Crippen LogP) is 4.12. The van der Waals surface area contributed by atoms with Crippen molar-refractivity contribution in [1.82, 2.24) is 4.57 Å². The molecule has 0 fully saturated rings. The highest BCUT2D eigenvalue weighted by molar-refractivity contribution is 6.08. The van der Waals surface area contributed by atoms with E-state index in [-0.39, 0.29) is 17.4 Å².